The zero-order chi connectivity index (χ0) is 14.1. The van der Waals surface area contributed by atoms with Crippen molar-refractivity contribution in [2.75, 3.05) is 5.73 Å². The molecule has 1 aliphatic carbocycles. The van der Waals surface area contributed by atoms with Crippen molar-refractivity contribution in [2.45, 2.75) is 25.8 Å². The molecule has 3 rings (SSSR count). The van der Waals surface area contributed by atoms with E-state index in [-0.39, 0.29) is 11.9 Å². The standard InChI is InChI=1S/C17H18N2O/c1-11-10-13(6-8-15(11)18)17(20)19-16-9-7-12-4-2-3-5-14(12)16/h2-6,8,10,16H,7,9,18H2,1H3,(H,19,20). The molecule has 1 atom stereocenters. The number of fused-ring (bicyclic) bond motifs is 1. The van der Waals surface area contributed by atoms with Crippen LogP contribution in [-0.2, 0) is 6.42 Å². The molecular formula is C17H18N2O. The highest BCUT2D eigenvalue weighted by Gasteiger charge is 2.23. The molecule has 2 aromatic carbocycles. The number of hydrogen-bond acceptors (Lipinski definition) is 2. The van der Waals surface area contributed by atoms with E-state index in [1.807, 2.05) is 25.1 Å². The van der Waals surface area contributed by atoms with E-state index in [9.17, 15) is 4.79 Å². The lowest BCUT2D eigenvalue weighted by atomic mass is 10.1. The average molecular weight is 266 g/mol. The van der Waals surface area contributed by atoms with Crippen LogP contribution in [0.5, 0.6) is 0 Å². The summed E-state index contributed by atoms with van der Waals surface area (Å²) in [5.41, 5.74) is 10.7. The van der Waals surface area contributed by atoms with Crippen LogP contribution in [0, 0.1) is 6.92 Å². The lowest BCUT2D eigenvalue weighted by molar-refractivity contribution is 0.0936. The van der Waals surface area contributed by atoms with Crippen molar-refractivity contribution in [3.63, 3.8) is 0 Å². The highest BCUT2D eigenvalue weighted by Crippen LogP contribution is 2.30. The molecule has 20 heavy (non-hydrogen) atoms. The summed E-state index contributed by atoms with van der Waals surface area (Å²) in [6.45, 7) is 1.91. The summed E-state index contributed by atoms with van der Waals surface area (Å²) in [6.07, 6.45) is 2.00. The minimum Gasteiger partial charge on any atom is -0.399 e. The van der Waals surface area contributed by atoms with E-state index in [1.54, 1.807) is 12.1 Å². The van der Waals surface area contributed by atoms with E-state index in [1.165, 1.54) is 11.1 Å². The lowest BCUT2D eigenvalue weighted by Crippen LogP contribution is -2.27. The third-order valence-electron chi connectivity index (χ3n) is 3.97. The Bertz CT molecular complexity index is 664. The highest BCUT2D eigenvalue weighted by atomic mass is 16.1. The van der Waals surface area contributed by atoms with E-state index < -0.39 is 0 Å². The molecule has 0 saturated carbocycles. The number of amides is 1. The van der Waals surface area contributed by atoms with Crippen LogP contribution < -0.4 is 11.1 Å². The molecule has 1 amide bonds. The molecule has 0 fully saturated rings. The smallest absolute Gasteiger partial charge is 0.251 e. The van der Waals surface area contributed by atoms with Crippen LogP contribution in [0.25, 0.3) is 0 Å². The van der Waals surface area contributed by atoms with Crippen LogP contribution in [0.4, 0.5) is 5.69 Å². The fourth-order valence-electron chi connectivity index (χ4n) is 2.77. The third-order valence-corrected chi connectivity index (χ3v) is 3.97. The van der Waals surface area contributed by atoms with Gasteiger partial charge in [0.15, 0.2) is 0 Å². The van der Waals surface area contributed by atoms with Gasteiger partial charge in [-0.1, -0.05) is 24.3 Å². The van der Waals surface area contributed by atoms with Gasteiger partial charge in [-0.15, -0.1) is 0 Å². The number of aryl methyl sites for hydroxylation is 2. The lowest BCUT2D eigenvalue weighted by Gasteiger charge is -2.14. The Morgan fingerprint density at radius 3 is 2.85 bits per heavy atom. The van der Waals surface area contributed by atoms with E-state index in [0.717, 1.165) is 18.4 Å². The molecule has 3 heteroatoms. The van der Waals surface area contributed by atoms with Crippen molar-refractivity contribution in [1.29, 1.82) is 0 Å². The van der Waals surface area contributed by atoms with Crippen molar-refractivity contribution in [3.8, 4) is 0 Å². The molecular weight excluding hydrogens is 248 g/mol. The van der Waals surface area contributed by atoms with Gasteiger partial charge in [-0.2, -0.15) is 0 Å². The molecule has 3 N–H and O–H groups in total. The van der Waals surface area contributed by atoms with Gasteiger partial charge in [-0.05, 0) is 54.7 Å². The van der Waals surface area contributed by atoms with Gasteiger partial charge in [-0.3, -0.25) is 4.79 Å². The van der Waals surface area contributed by atoms with Crippen LogP contribution in [0.3, 0.4) is 0 Å². The Hall–Kier alpha value is -2.29. The summed E-state index contributed by atoms with van der Waals surface area (Å²) < 4.78 is 0. The number of rotatable bonds is 2. The Kier molecular flexibility index (Phi) is 3.18. The van der Waals surface area contributed by atoms with Gasteiger partial charge < -0.3 is 11.1 Å². The van der Waals surface area contributed by atoms with Crippen LogP contribution in [0.15, 0.2) is 42.5 Å². The molecule has 102 valence electrons. The van der Waals surface area contributed by atoms with Gasteiger partial charge in [0.1, 0.15) is 0 Å². The van der Waals surface area contributed by atoms with Gasteiger partial charge >= 0.3 is 0 Å². The molecule has 0 aliphatic heterocycles. The first kappa shape index (κ1) is 12.7. The number of carbonyl (C=O) groups is 1. The van der Waals surface area contributed by atoms with Crippen LogP contribution in [0.2, 0.25) is 0 Å². The van der Waals surface area contributed by atoms with Crippen molar-refractivity contribution in [2.24, 2.45) is 0 Å². The number of anilines is 1. The maximum atomic E-state index is 12.3. The molecule has 2 aromatic rings. The Morgan fingerprint density at radius 2 is 2.05 bits per heavy atom. The number of hydrogen-bond donors (Lipinski definition) is 2. The molecule has 0 heterocycles. The molecule has 3 nitrogen and oxygen atoms in total. The van der Waals surface area contributed by atoms with E-state index in [2.05, 4.69) is 17.4 Å². The molecule has 0 aromatic heterocycles. The monoisotopic (exact) mass is 266 g/mol. The Balaban J connectivity index is 1.79. The SMILES string of the molecule is Cc1cc(C(=O)NC2CCc3ccccc32)ccc1N. The Labute approximate surface area is 118 Å². The van der Waals surface area contributed by atoms with Gasteiger partial charge in [-0.25, -0.2) is 0 Å². The maximum Gasteiger partial charge on any atom is 0.251 e. The summed E-state index contributed by atoms with van der Waals surface area (Å²) in [7, 11) is 0. The number of nitrogen functional groups attached to an aromatic ring is 1. The first-order valence-electron chi connectivity index (χ1n) is 6.90. The average Bonchev–Trinajstić information content (AvgIpc) is 2.85. The normalized spacial score (nSPS) is 16.8. The summed E-state index contributed by atoms with van der Waals surface area (Å²) in [6, 6.07) is 13.8. The first-order chi connectivity index (χ1) is 9.65. The number of carbonyl (C=O) groups excluding carboxylic acids is 1. The second-order valence-corrected chi connectivity index (χ2v) is 5.33. The second kappa shape index (κ2) is 5.00. The van der Waals surface area contributed by atoms with Gasteiger partial charge in [0, 0.05) is 11.3 Å². The number of nitrogens with one attached hydrogen (secondary N) is 1. The fraction of sp³-hybridized carbons (Fsp3) is 0.235. The molecule has 1 aliphatic rings. The van der Waals surface area contributed by atoms with E-state index in [0.29, 0.717) is 11.3 Å². The highest BCUT2D eigenvalue weighted by molar-refractivity contribution is 5.95. The number of nitrogens with two attached hydrogens (primary N) is 1. The Morgan fingerprint density at radius 1 is 1.25 bits per heavy atom. The predicted octanol–water partition coefficient (Wildman–Crippen LogP) is 2.99. The van der Waals surface area contributed by atoms with Gasteiger partial charge in [0.2, 0.25) is 0 Å². The molecule has 0 bridgehead atoms. The molecule has 0 radical (unpaired) electrons. The van der Waals surface area contributed by atoms with Crippen LogP contribution >= 0.6 is 0 Å². The number of benzene rings is 2. The molecule has 0 spiro atoms. The molecule has 1 unspecified atom stereocenters. The minimum absolute atomic E-state index is 0.0326. The first-order valence-corrected chi connectivity index (χ1v) is 6.90. The fourth-order valence-corrected chi connectivity index (χ4v) is 2.77. The topological polar surface area (TPSA) is 55.1 Å². The summed E-state index contributed by atoms with van der Waals surface area (Å²) >= 11 is 0. The van der Waals surface area contributed by atoms with Gasteiger partial charge in [0.05, 0.1) is 6.04 Å². The minimum atomic E-state index is -0.0326. The molecule has 0 saturated heterocycles. The van der Waals surface area contributed by atoms with E-state index in [4.69, 9.17) is 5.73 Å². The quantitative estimate of drug-likeness (QED) is 0.821. The van der Waals surface area contributed by atoms with Crippen molar-refractivity contribution in [1.82, 2.24) is 5.32 Å². The second-order valence-electron chi connectivity index (χ2n) is 5.33. The third kappa shape index (κ3) is 2.27. The van der Waals surface area contributed by atoms with Crippen LogP contribution in [-0.4, -0.2) is 5.91 Å². The van der Waals surface area contributed by atoms with Gasteiger partial charge in [0.25, 0.3) is 5.91 Å². The van der Waals surface area contributed by atoms with E-state index >= 15 is 0 Å². The predicted molar refractivity (Wildman–Crippen MR) is 80.6 cm³/mol. The van der Waals surface area contributed by atoms with Crippen molar-refractivity contribution < 1.29 is 4.79 Å². The summed E-state index contributed by atoms with van der Waals surface area (Å²) in [5, 5.41) is 3.12. The maximum absolute atomic E-state index is 12.3. The largest absolute Gasteiger partial charge is 0.399 e. The van der Waals surface area contributed by atoms with Crippen molar-refractivity contribution in [3.05, 3.63) is 64.7 Å². The van der Waals surface area contributed by atoms with Crippen LogP contribution in [0.1, 0.15) is 39.5 Å². The van der Waals surface area contributed by atoms with Crippen molar-refractivity contribution >= 4 is 11.6 Å². The zero-order valence-electron chi connectivity index (χ0n) is 11.5. The summed E-state index contributed by atoms with van der Waals surface area (Å²) in [5.74, 6) is -0.0326. The summed E-state index contributed by atoms with van der Waals surface area (Å²) in [4.78, 5) is 12.3. The zero-order valence-corrected chi connectivity index (χ0v) is 11.5.